The second kappa shape index (κ2) is 11.4. The summed E-state index contributed by atoms with van der Waals surface area (Å²) in [6.07, 6.45) is 0. The normalized spacial score (nSPS) is 11.6. The predicted molar refractivity (Wildman–Crippen MR) is 203 cm³/mol. The minimum atomic E-state index is 0.568. The first-order valence-electron chi connectivity index (χ1n) is 16.7. The number of aromatic nitrogens is 4. The topological polar surface area (TPSA) is 56.7 Å². The third-order valence-corrected chi connectivity index (χ3v) is 9.45. The summed E-state index contributed by atoms with van der Waals surface area (Å²) < 4.78 is 9.32. The lowest BCUT2D eigenvalue weighted by molar-refractivity contribution is 0.673. The van der Waals surface area contributed by atoms with Crippen molar-refractivity contribution in [3.63, 3.8) is 0 Å². The van der Waals surface area contributed by atoms with Crippen molar-refractivity contribution < 1.29 is 4.42 Å². The molecule has 0 spiro atoms. The van der Waals surface area contributed by atoms with Crippen LogP contribution in [0.3, 0.4) is 0 Å². The van der Waals surface area contributed by atoms with Gasteiger partial charge in [-0.3, -0.25) is 0 Å². The van der Waals surface area contributed by atoms with E-state index in [0.29, 0.717) is 17.5 Å². The smallest absolute Gasteiger partial charge is 0.167 e. The molecule has 0 amide bonds. The zero-order valence-electron chi connectivity index (χ0n) is 26.9. The maximum Gasteiger partial charge on any atom is 0.167 e. The quantitative estimate of drug-likeness (QED) is 0.188. The molecule has 0 aliphatic rings. The first kappa shape index (κ1) is 28.2. The van der Waals surface area contributed by atoms with Crippen molar-refractivity contribution in [3.05, 3.63) is 170 Å². The minimum absolute atomic E-state index is 0.568. The van der Waals surface area contributed by atoms with Gasteiger partial charge >= 0.3 is 0 Å². The Hall–Kier alpha value is -6.85. The van der Waals surface area contributed by atoms with Gasteiger partial charge in [-0.25, -0.2) is 15.0 Å². The Labute approximate surface area is 287 Å². The molecule has 0 radical (unpaired) electrons. The highest BCUT2D eigenvalue weighted by molar-refractivity contribution is 6.24. The van der Waals surface area contributed by atoms with Crippen LogP contribution in [0.1, 0.15) is 0 Å². The van der Waals surface area contributed by atoms with Crippen LogP contribution in [-0.2, 0) is 0 Å². The van der Waals surface area contributed by atoms with E-state index in [1.807, 2.05) is 66.7 Å². The molecule has 10 aromatic rings. The zero-order valence-corrected chi connectivity index (χ0v) is 26.9. The van der Waals surface area contributed by atoms with Crippen molar-refractivity contribution >= 4 is 43.7 Å². The van der Waals surface area contributed by atoms with Crippen LogP contribution in [0, 0.1) is 0 Å². The molecule has 0 N–H and O–H groups in total. The van der Waals surface area contributed by atoms with Crippen LogP contribution < -0.4 is 0 Å². The Bertz CT molecular complexity index is 2800. The van der Waals surface area contributed by atoms with Gasteiger partial charge in [0.2, 0.25) is 0 Å². The maximum atomic E-state index is 6.98. The van der Waals surface area contributed by atoms with E-state index < -0.39 is 0 Å². The maximum absolute atomic E-state index is 6.98. The molecular weight excluding hydrogens is 613 g/mol. The lowest BCUT2D eigenvalue weighted by Crippen LogP contribution is -2.00. The number of rotatable bonds is 5. The van der Waals surface area contributed by atoms with Crippen molar-refractivity contribution in [1.29, 1.82) is 0 Å². The van der Waals surface area contributed by atoms with E-state index in [9.17, 15) is 0 Å². The Kier molecular flexibility index (Phi) is 6.42. The summed E-state index contributed by atoms with van der Waals surface area (Å²) in [5, 5.41) is 4.29. The van der Waals surface area contributed by atoms with Crippen molar-refractivity contribution in [3.8, 4) is 51.0 Å². The molecule has 0 saturated carbocycles. The number of nitrogens with zero attached hydrogens (tertiary/aromatic N) is 4. The molecule has 0 bridgehead atoms. The van der Waals surface area contributed by atoms with E-state index in [-0.39, 0.29) is 0 Å². The van der Waals surface area contributed by atoms with Crippen molar-refractivity contribution in [2.75, 3.05) is 0 Å². The van der Waals surface area contributed by atoms with Gasteiger partial charge in [-0.15, -0.1) is 0 Å². The van der Waals surface area contributed by atoms with E-state index in [2.05, 4.69) is 108 Å². The molecule has 0 aliphatic heterocycles. The second-order valence-electron chi connectivity index (χ2n) is 12.4. The van der Waals surface area contributed by atoms with Crippen LogP contribution >= 0.6 is 0 Å². The van der Waals surface area contributed by atoms with Gasteiger partial charge in [0.05, 0.1) is 22.0 Å². The molecule has 50 heavy (non-hydrogen) atoms. The molecule has 3 aromatic heterocycles. The molecule has 0 unspecified atom stereocenters. The van der Waals surface area contributed by atoms with Gasteiger partial charge in [-0.2, -0.15) is 0 Å². The molecule has 234 valence electrons. The van der Waals surface area contributed by atoms with E-state index in [4.69, 9.17) is 19.4 Å². The summed E-state index contributed by atoms with van der Waals surface area (Å²) in [6, 6.07) is 58.5. The van der Waals surface area contributed by atoms with Crippen LogP contribution in [-0.4, -0.2) is 19.5 Å². The van der Waals surface area contributed by atoms with Gasteiger partial charge in [0.1, 0.15) is 11.2 Å². The fourth-order valence-electron chi connectivity index (χ4n) is 7.15. The Morgan fingerprint density at radius 1 is 0.380 bits per heavy atom. The van der Waals surface area contributed by atoms with E-state index >= 15 is 0 Å². The van der Waals surface area contributed by atoms with Crippen LogP contribution in [0.4, 0.5) is 0 Å². The largest absolute Gasteiger partial charge is 0.455 e. The van der Waals surface area contributed by atoms with Crippen molar-refractivity contribution in [2.24, 2.45) is 0 Å². The lowest BCUT2D eigenvalue weighted by Gasteiger charge is -2.10. The number of hydrogen-bond acceptors (Lipinski definition) is 4. The molecule has 7 aromatic carbocycles. The summed E-state index contributed by atoms with van der Waals surface area (Å²) >= 11 is 0. The third-order valence-electron chi connectivity index (χ3n) is 9.45. The predicted octanol–water partition coefficient (Wildman–Crippen LogP) is 11.5. The zero-order chi connectivity index (χ0) is 33.0. The third kappa shape index (κ3) is 4.52. The Balaban J connectivity index is 1.22. The highest BCUT2D eigenvalue weighted by Crippen LogP contribution is 2.43. The van der Waals surface area contributed by atoms with Gasteiger partial charge < -0.3 is 8.98 Å². The number of hydrogen-bond donors (Lipinski definition) is 0. The molecular formula is C45H28N4O. The Morgan fingerprint density at radius 2 is 0.940 bits per heavy atom. The first-order valence-corrected chi connectivity index (χ1v) is 16.7. The highest BCUT2D eigenvalue weighted by Gasteiger charge is 2.22. The number of benzene rings is 7. The summed E-state index contributed by atoms with van der Waals surface area (Å²) in [4.78, 5) is 14.9. The van der Waals surface area contributed by atoms with Gasteiger partial charge in [-0.05, 0) is 47.5 Å². The molecule has 0 aliphatic carbocycles. The molecule has 5 heteroatoms. The molecule has 3 heterocycles. The summed E-state index contributed by atoms with van der Waals surface area (Å²) in [5.41, 5.74) is 9.94. The van der Waals surface area contributed by atoms with Gasteiger partial charge in [0.25, 0.3) is 0 Å². The fraction of sp³-hybridized carbons (Fsp3) is 0. The molecule has 0 saturated heterocycles. The van der Waals surface area contributed by atoms with Gasteiger partial charge in [0, 0.05) is 33.0 Å². The van der Waals surface area contributed by atoms with Crippen LogP contribution in [0.25, 0.3) is 94.7 Å². The molecule has 0 atom stereocenters. The van der Waals surface area contributed by atoms with Crippen LogP contribution in [0.2, 0.25) is 0 Å². The average Bonchev–Trinajstić information content (AvgIpc) is 3.75. The van der Waals surface area contributed by atoms with Crippen molar-refractivity contribution in [2.45, 2.75) is 0 Å². The average molecular weight is 641 g/mol. The minimum Gasteiger partial charge on any atom is -0.455 e. The summed E-state index contributed by atoms with van der Waals surface area (Å²) in [7, 11) is 0. The van der Waals surface area contributed by atoms with E-state index in [1.165, 1.54) is 11.1 Å². The van der Waals surface area contributed by atoms with Gasteiger partial charge in [0.15, 0.2) is 17.5 Å². The van der Waals surface area contributed by atoms with Crippen molar-refractivity contribution in [1.82, 2.24) is 19.5 Å². The highest BCUT2D eigenvalue weighted by atomic mass is 16.3. The second-order valence-corrected chi connectivity index (χ2v) is 12.4. The molecule has 5 nitrogen and oxygen atoms in total. The number of fused-ring (bicyclic) bond motifs is 7. The molecule has 10 rings (SSSR count). The first-order chi connectivity index (χ1) is 24.8. The number of furan rings is 1. The Morgan fingerprint density at radius 3 is 1.66 bits per heavy atom. The standard InChI is InChI=1S/C45H28N4O/c1-4-14-29(15-5-1)32-20-12-21-33(28-32)49-38-25-11-10-22-36(38)40-39(49)27-26-35-34-23-13-24-37(41(34)50-42(35)40)45-47-43(30-16-6-2-7-17-30)46-44(48-45)31-18-8-3-9-19-31/h1-28H. The lowest BCUT2D eigenvalue weighted by atomic mass is 10.1. The summed E-state index contributed by atoms with van der Waals surface area (Å²) in [5.74, 6) is 1.80. The fourth-order valence-corrected chi connectivity index (χ4v) is 7.15. The van der Waals surface area contributed by atoms with E-state index in [1.54, 1.807) is 0 Å². The summed E-state index contributed by atoms with van der Waals surface area (Å²) in [6.45, 7) is 0. The monoisotopic (exact) mass is 640 g/mol. The SMILES string of the molecule is c1ccc(-c2cccc(-n3c4ccccc4c4c5oc6c(-c7nc(-c8ccccc8)nc(-c8ccccc8)n7)cccc6c5ccc43)c2)cc1. The van der Waals surface area contributed by atoms with E-state index in [0.717, 1.165) is 66.1 Å². The van der Waals surface area contributed by atoms with Crippen LogP contribution in [0.5, 0.6) is 0 Å². The van der Waals surface area contributed by atoms with Crippen LogP contribution in [0.15, 0.2) is 174 Å². The molecule has 0 fully saturated rings. The van der Waals surface area contributed by atoms with Gasteiger partial charge in [-0.1, -0.05) is 133 Å². The number of para-hydroxylation sites is 2.